The maximum Gasteiger partial charge on any atom is 0.265 e. The number of aryl methyl sites for hydroxylation is 1. The van der Waals surface area contributed by atoms with E-state index in [2.05, 4.69) is 14.9 Å². The molecule has 2 rings (SSSR count). The van der Waals surface area contributed by atoms with Crippen LogP contribution in [0.25, 0.3) is 0 Å². The summed E-state index contributed by atoms with van der Waals surface area (Å²) in [4.78, 5) is -0.0906. The van der Waals surface area contributed by atoms with Gasteiger partial charge in [0.2, 0.25) is 0 Å². The van der Waals surface area contributed by atoms with E-state index in [0.29, 0.717) is 5.56 Å². The van der Waals surface area contributed by atoms with Crippen LogP contribution in [0.2, 0.25) is 0 Å². The molecule has 0 radical (unpaired) electrons. The van der Waals surface area contributed by atoms with E-state index in [4.69, 9.17) is 11.0 Å². The van der Waals surface area contributed by atoms with Crippen molar-refractivity contribution in [1.82, 2.24) is 10.2 Å². The number of nitrogen functional groups attached to an aromatic ring is 1. The second kappa shape index (κ2) is 4.62. The van der Waals surface area contributed by atoms with Crippen LogP contribution in [0.3, 0.4) is 0 Å². The summed E-state index contributed by atoms with van der Waals surface area (Å²) in [5.74, 6) is 0.182. The normalized spacial score (nSPS) is 10.9. The number of nitrogens with zero attached hydrogens (tertiary/aromatic N) is 2. The van der Waals surface area contributed by atoms with Crippen molar-refractivity contribution in [2.75, 3.05) is 10.5 Å². The standard InChI is InChI=1S/C11H11N5O2S/c1-7-4-11(15-14-7)16-19(17,18)10-3-2-8(6-12)5-9(10)13/h2-5H,13H2,1H3,(H2,14,15,16). The third-order valence-electron chi connectivity index (χ3n) is 2.37. The number of rotatable bonds is 3. The fraction of sp³-hybridized carbons (Fsp3) is 0.0909. The Balaban J connectivity index is 2.37. The first-order valence-corrected chi connectivity index (χ1v) is 6.75. The highest BCUT2D eigenvalue weighted by molar-refractivity contribution is 7.92. The molecule has 0 saturated carbocycles. The first-order valence-electron chi connectivity index (χ1n) is 5.27. The van der Waals surface area contributed by atoms with Crippen LogP contribution in [0.1, 0.15) is 11.3 Å². The van der Waals surface area contributed by atoms with Crippen LogP contribution < -0.4 is 10.5 Å². The monoisotopic (exact) mass is 277 g/mol. The van der Waals surface area contributed by atoms with Gasteiger partial charge < -0.3 is 5.73 Å². The molecule has 7 nitrogen and oxygen atoms in total. The number of aromatic nitrogens is 2. The summed E-state index contributed by atoms with van der Waals surface area (Å²) in [6.07, 6.45) is 0. The maximum atomic E-state index is 12.1. The number of aromatic amines is 1. The molecule has 1 heterocycles. The van der Waals surface area contributed by atoms with Crippen molar-refractivity contribution in [1.29, 1.82) is 5.26 Å². The first-order chi connectivity index (χ1) is 8.92. The number of nitriles is 1. The third-order valence-corrected chi connectivity index (χ3v) is 3.80. The van der Waals surface area contributed by atoms with Crippen molar-refractivity contribution in [2.45, 2.75) is 11.8 Å². The maximum absolute atomic E-state index is 12.1. The molecule has 98 valence electrons. The molecule has 0 amide bonds. The summed E-state index contributed by atoms with van der Waals surface area (Å²) in [5.41, 5.74) is 6.68. The highest BCUT2D eigenvalue weighted by atomic mass is 32.2. The number of nitrogens with two attached hydrogens (primary N) is 1. The fourth-order valence-electron chi connectivity index (χ4n) is 1.53. The van der Waals surface area contributed by atoms with E-state index < -0.39 is 10.0 Å². The van der Waals surface area contributed by atoms with Gasteiger partial charge in [0.15, 0.2) is 5.82 Å². The molecule has 1 aromatic heterocycles. The summed E-state index contributed by atoms with van der Waals surface area (Å²) in [6.45, 7) is 1.75. The van der Waals surface area contributed by atoms with Gasteiger partial charge in [0.05, 0.1) is 17.3 Å². The van der Waals surface area contributed by atoms with E-state index in [-0.39, 0.29) is 16.4 Å². The Hall–Kier alpha value is -2.53. The van der Waals surface area contributed by atoms with Crippen molar-refractivity contribution >= 4 is 21.5 Å². The molecular formula is C11H11N5O2S. The first kappa shape index (κ1) is 12.9. The van der Waals surface area contributed by atoms with E-state index in [1.807, 2.05) is 6.07 Å². The number of benzene rings is 1. The molecule has 2 aromatic rings. The Morgan fingerprint density at radius 1 is 1.42 bits per heavy atom. The van der Waals surface area contributed by atoms with E-state index in [9.17, 15) is 8.42 Å². The number of hydrogen-bond donors (Lipinski definition) is 3. The molecule has 0 aliphatic heterocycles. The van der Waals surface area contributed by atoms with Gasteiger partial charge in [-0.15, -0.1) is 0 Å². The van der Waals surface area contributed by atoms with Crippen molar-refractivity contribution in [3.63, 3.8) is 0 Å². The predicted octanol–water partition coefficient (Wildman–Crippen LogP) is 0.973. The van der Waals surface area contributed by atoms with Crippen molar-refractivity contribution in [3.8, 4) is 6.07 Å². The second-order valence-corrected chi connectivity index (χ2v) is 5.56. The lowest BCUT2D eigenvalue weighted by Crippen LogP contribution is -2.15. The minimum atomic E-state index is -3.82. The SMILES string of the molecule is Cc1cc(NS(=O)(=O)c2ccc(C#N)cc2N)n[nH]1. The molecule has 19 heavy (non-hydrogen) atoms. The predicted molar refractivity (Wildman–Crippen MR) is 69.7 cm³/mol. The van der Waals surface area contributed by atoms with E-state index in [1.165, 1.54) is 18.2 Å². The number of anilines is 2. The van der Waals surface area contributed by atoms with Crippen LogP contribution >= 0.6 is 0 Å². The van der Waals surface area contributed by atoms with Crippen molar-refractivity contribution < 1.29 is 8.42 Å². The Morgan fingerprint density at radius 3 is 2.68 bits per heavy atom. The average Bonchev–Trinajstić information content (AvgIpc) is 2.73. The molecule has 1 aromatic carbocycles. The summed E-state index contributed by atoms with van der Waals surface area (Å²) in [6, 6.07) is 7.43. The largest absolute Gasteiger partial charge is 0.398 e. The highest BCUT2D eigenvalue weighted by Gasteiger charge is 2.18. The van der Waals surface area contributed by atoms with Gasteiger partial charge in [-0.05, 0) is 25.1 Å². The summed E-state index contributed by atoms with van der Waals surface area (Å²) >= 11 is 0. The lowest BCUT2D eigenvalue weighted by molar-refractivity contribution is 0.601. The van der Waals surface area contributed by atoms with Gasteiger partial charge in [0.1, 0.15) is 4.90 Å². The average molecular weight is 277 g/mol. The van der Waals surface area contributed by atoms with E-state index in [1.54, 1.807) is 13.0 Å². The Morgan fingerprint density at radius 2 is 2.16 bits per heavy atom. The third kappa shape index (κ3) is 2.66. The van der Waals surface area contributed by atoms with Crippen LogP contribution in [-0.4, -0.2) is 18.6 Å². The van der Waals surface area contributed by atoms with Gasteiger partial charge in [0, 0.05) is 11.8 Å². The van der Waals surface area contributed by atoms with E-state index in [0.717, 1.165) is 5.69 Å². The topological polar surface area (TPSA) is 125 Å². The zero-order valence-corrected chi connectivity index (χ0v) is 10.8. The van der Waals surface area contributed by atoms with Crippen LogP contribution in [0, 0.1) is 18.3 Å². The number of nitrogens with one attached hydrogen (secondary N) is 2. The van der Waals surface area contributed by atoms with Crippen LogP contribution in [-0.2, 0) is 10.0 Å². The van der Waals surface area contributed by atoms with Crippen LogP contribution in [0.15, 0.2) is 29.2 Å². The Bertz CT molecular complexity index is 758. The number of sulfonamides is 1. The lowest BCUT2D eigenvalue weighted by Gasteiger charge is -2.08. The van der Waals surface area contributed by atoms with Gasteiger partial charge in [-0.25, -0.2) is 8.42 Å². The molecule has 0 aliphatic carbocycles. The number of H-pyrrole nitrogens is 1. The lowest BCUT2D eigenvalue weighted by atomic mass is 10.2. The Kier molecular flexibility index (Phi) is 3.14. The molecule has 0 fully saturated rings. The molecule has 0 bridgehead atoms. The summed E-state index contributed by atoms with van der Waals surface area (Å²) in [7, 11) is -3.82. The van der Waals surface area contributed by atoms with E-state index >= 15 is 0 Å². The zero-order valence-electron chi connectivity index (χ0n) is 10.0. The van der Waals surface area contributed by atoms with Gasteiger partial charge >= 0.3 is 0 Å². The molecule has 0 aliphatic rings. The molecule has 4 N–H and O–H groups in total. The Labute approximate surface area is 110 Å². The molecule has 0 saturated heterocycles. The van der Waals surface area contributed by atoms with Crippen LogP contribution in [0.5, 0.6) is 0 Å². The summed E-state index contributed by atoms with van der Waals surface area (Å²) in [5, 5.41) is 15.1. The highest BCUT2D eigenvalue weighted by Crippen LogP contribution is 2.22. The minimum Gasteiger partial charge on any atom is -0.398 e. The van der Waals surface area contributed by atoms with Gasteiger partial charge in [-0.3, -0.25) is 9.82 Å². The number of hydrogen-bond acceptors (Lipinski definition) is 5. The molecule has 0 unspecified atom stereocenters. The van der Waals surface area contributed by atoms with Gasteiger partial charge in [-0.2, -0.15) is 10.4 Å². The minimum absolute atomic E-state index is 0.0128. The fourth-order valence-corrected chi connectivity index (χ4v) is 2.63. The molecular weight excluding hydrogens is 266 g/mol. The second-order valence-electron chi connectivity index (χ2n) is 3.91. The quantitative estimate of drug-likeness (QED) is 0.721. The molecule has 0 atom stereocenters. The smallest absolute Gasteiger partial charge is 0.265 e. The van der Waals surface area contributed by atoms with Crippen molar-refractivity contribution in [2.24, 2.45) is 0 Å². The molecule has 8 heteroatoms. The van der Waals surface area contributed by atoms with Gasteiger partial charge in [0.25, 0.3) is 10.0 Å². The van der Waals surface area contributed by atoms with Crippen molar-refractivity contribution in [3.05, 3.63) is 35.5 Å². The molecule has 0 spiro atoms. The summed E-state index contributed by atoms with van der Waals surface area (Å²) < 4.78 is 26.5. The zero-order chi connectivity index (χ0) is 14.0. The van der Waals surface area contributed by atoms with Crippen LogP contribution in [0.4, 0.5) is 11.5 Å². The van der Waals surface area contributed by atoms with Gasteiger partial charge in [-0.1, -0.05) is 0 Å².